The van der Waals surface area contributed by atoms with E-state index in [4.69, 9.17) is 0 Å². The molecule has 61 heavy (non-hydrogen) atoms. The van der Waals surface area contributed by atoms with E-state index in [1.165, 1.54) is 263 Å². The van der Waals surface area contributed by atoms with Crippen molar-refractivity contribution in [3.05, 3.63) is 24.3 Å². The lowest BCUT2D eigenvalue weighted by Gasteiger charge is -2.19. The second kappa shape index (κ2) is 53.2. The number of aliphatic hydroxyl groups excluding tert-OH is 2. The van der Waals surface area contributed by atoms with Gasteiger partial charge in [0.05, 0.1) is 18.8 Å². The summed E-state index contributed by atoms with van der Waals surface area (Å²) in [4.78, 5) is 12.4. The van der Waals surface area contributed by atoms with E-state index in [9.17, 15) is 15.0 Å². The van der Waals surface area contributed by atoms with Crippen molar-refractivity contribution in [2.24, 2.45) is 0 Å². The summed E-state index contributed by atoms with van der Waals surface area (Å²) in [5.74, 6) is -0.0681. The minimum atomic E-state index is -0.859. The van der Waals surface area contributed by atoms with Gasteiger partial charge >= 0.3 is 0 Å². The van der Waals surface area contributed by atoms with Gasteiger partial charge in [-0.3, -0.25) is 4.79 Å². The maximum Gasteiger partial charge on any atom is 0.220 e. The Kier molecular flexibility index (Phi) is 52.2. The summed E-state index contributed by atoms with van der Waals surface area (Å²) in [5, 5.41) is 23.1. The third kappa shape index (κ3) is 49.7. The normalized spacial score (nSPS) is 12.9. The van der Waals surface area contributed by atoms with Crippen molar-refractivity contribution >= 4 is 5.91 Å². The summed E-state index contributed by atoms with van der Waals surface area (Å²) in [6.45, 7) is 4.33. The van der Waals surface area contributed by atoms with Crippen LogP contribution >= 0.6 is 0 Å². The van der Waals surface area contributed by atoms with E-state index < -0.39 is 12.1 Å². The van der Waals surface area contributed by atoms with Gasteiger partial charge < -0.3 is 15.5 Å². The molecule has 2 atom stereocenters. The van der Waals surface area contributed by atoms with Gasteiger partial charge in [-0.2, -0.15) is 0 Å². The van der Waals surface area contributed by atoms with E-state index in [1.807, 2.05) is 6.08 Å². The molecule has 2 unspecified atom stereocenters. The minimum Gasteiger partial charge on any atom is -0.394 e. The fourth-order valence-corrected chi connectivity index (χ4v) is 8.90. The van der Waals surface area contributed by atoms with Gasteiger partial charge in [0.2, 0.25) is 5.91 Å². The quantitative estimate of drug-likeness (QED) is 0.0422. The molecule has 4 heteroatoms. The second-order valence-corrected chi connectivity index (χ2v) is 19.4. The van der Waals surface area contributed by atoms with Crippen LogP contribution in [0.25, 0.3) is 0 Å². The molecule has 0 fully saturated rings. The van der Waals surface area contributed by atoms with Crippen molar-refractivity contribution in [2.75, 3.05) is 6.61 Å². The van der Waals surface area contributed by atoms with Crippen molar-refractivity contribution in [3.8, 4) is 0 Å². The fraction of sp³-hybridized carbons (Fsp3) is 0.912. The summed E-state index contributed by atoms with van der Waals surface area (Å²) in [6.07, 6.45) is 70.7. The SMILES string of the molecule is CCCCCCCCCCCCCCCCCCCCCCCCCCCC/C=C/CC/C=C/C(O)C(CO)NC(=O)CCCCCCCCCCCCCCCCCCC. The molecule has 362 valence electrons. The first-order valence-electron chi connectivity index (χ1n) is 28.1. The fourth-order valence-electron chi connectivity index (χ4n) is 8.90. The molecule has 0 aromatic carbocycles. The highest BCUT2D eigenvalue weighted by Gasteiger charge is 2.18. The zero-order chi connectivity index (χ0) is 44.2. The highest BCUT2D eigenvalue weighted by molar-refractivity contribution is 5.76. The number of hydrogen-bond acceptors (Lipinski definition) is 3. The molecule has 3 N–H and O–H groups in total. The first-order chi connectivity index (χ1) is 30.2. The van der Waals surface area contributed by atoms with E-state index in [-0.39, 0.29) is 12.5 Å². The van der Waals surface area contributed by atoms with Gasteiger partial charge in [-0.25, -0.2) is 0 Å². The molecular weight excluding hydrogens is 747 g/mol. The number of carbonyl (C=O) groups excluding carboxylic acids is 1. The van der Waals surface area contributed by atoms with E-state index >= 15 is 0 Å². The smallest absolute Gasteiger partial charge is 0.220 e. The molecule has 0 heterocycles. The first kappa shape index (κ1) is 59.9. The Bertz CT molecular complexity index is 886. The minimum absolute atomic E-state index is 0.0681. The molecule has 0 aromatic rings. The van der Waals surface area contributed by atoms with Crippen LogP contribution in [0.4, 0.5) is 0 Å². The van der Waals surface area contributed by atoms with Crippen LogP contribution < -0.4 is 5.32 Å². The Hall–Kier alpha value is -1.13. The zero-order valence-electron chi connectivity index (χ0n) is 41.7. The molecule has 0 aromatic heterocycles. The number of amides is 1. The van der Waals surface area contributed by atoms with E-state index in [2.05, 4.69) is 31.3 Å². The summed E-state index contributed by atoms with van der Waals surface area (Å²) in [5.41, 5.74) is 0. The Balaban J connectivity index is 3.47. The number of rotatable bonds is 52. The summed E-state index contributed by atoms with van der Waals surface area (Å²) >= 11 is 0. The predicted molar refractivity (Wildman–Crippen MR) is 272 cm³/mol. The molecule has 1 amide bonds. The molecule has 0 aliphatic rings. The van der Waals surface area contributed by atoms with Crippen LogP contribution in [0, 0.1) is 0 Å². The molecular formula is C57H111NO3. The molecule has 0 bridgehead atoms. The van der Waals surface area contributed by atoms with Crippen molar-refractivity contribution in [1.82, 2.24) is 5.32 Å². The van der Waals surface area contributed by atoms with Gasteiger partial charge in [0, 0.05) is 6.42 Å². The topological polar surface area (TPSA) is 69.6 Å². The van der Waals surface area contributed by atoms with Crippen molar-refractivity contribution in [1.29, 1.82) is 0 Å². The molecule has 0 rings (SSSR count). The molecule has 0 saturated carbocycles. The third-order valence-corrected chi connectivity index (χ3v) is 13.2. The first-order valence-corrected chi connectivity index (χ1v) is 28.1. The summed E-state index contributed by atoms with van der Waals surface area (Å²) < 4.78 is 0. The molecule has 0 spiro atoms. The van der Waals surface area contributed by atoms with Crippen molar-refractivity contribution in [3.63, 3.8) is 0 Å². The molecule has 0 aliphatic heterocycles. The van der Waals surface area contributed by atoms with E-state index in [1.54, 1.807) is 6.08 Å². The van der Waals surface area contributed by atoms with Gasteiger partial charge in [0.25, 0.3) is 0 Å². The molecule has 4 nitrogen and oxygen atoms in total. The average Bonchev–Trinajstić information content (AvgIpc) is 3.26. The van der Waals surface area contributed by atoms with E-state index in [0.29, 0.717) is 6.42 Å². The third-order valence-electron chi connectivity index (χ3n) is 13.2. The summed E-state index contributed by atoms with van der Waals surface area (Å²) in [7, 11) is 0. The highest BCUT2D eigenvalue weighted by atomic mass is 16.3. The van der Waals surface area contributed by atoms with Crippen LogP contribution in [0.1, 0.15) is 316 Å². The Morgan fingerprint density at radius 2 is 0.639 bits per heavy atom. The zero-order valence-corrected chi connectivity index (χ0v) is 41.7. The number of carbonyl (C=O) groups is 1. The van der Waals surface area contributed by atoms with Crippen LogP contribution in [-0.4, -0.2) is 34.9 Å². The maximum atomic E-state index is 12.4. The number of hydrogen-bond donors (Lipinski definition) is 3. The number of nitrogens with one attached hydrogen (secondary N) is 1. The Morgan fingerprint density at radius 3 is 0.951 bits per heavy atom. The lowest BCUT2D eigenvalue weighted by atomic mass is 10.0. The number of unbranched alkanes of at least 4 members (excludes halogenated alkanes) is 43. The number of allylic oxidation sites excluding steroid dienone is 3. The van der Waals surface area contributed by atoms with Gasteiger partial charge in [0.1, 0.15) is 0 Å². The van der Waals surface area contributed by atoms with Gasteiger partial charge in [-0.05, 0) is 32.1 Å². The average molecular weight is 859 g/mol. The van der Waals surface area contributed by atoms with Crippen LogP contribution in [-0.2, 0) is 4.79 Å². The largest absolute Gasteiger partial charge is 0.394 e. The standard InChI is InChI=1S/C57H111NO3/c1-3-5-7-9-11-13-15-17-19-21-22-23-24-25-26-27-28-29-30-31-32-33-34-35-37-38-40-42-44-46-48-50-52-56(60)55(54-59)58-57(61)53-51-49-47-45-43-41-39-36-20-18-16-14-12-10-8-6-4-2/h42,44,50,52,55-56,59-60H,3-41,43,45-49,51,53-54H2,1-2H3,(H,58,61)/b44-42+,52-50+. The predicted octanol–water partition coefficient (Wildman–Crippen LogP) is 18.3. The molecule has 0 saturated heterocycles. The number of aliphatic hydroxyl groups is 2. The van der Waals surface area contributed by atoms with Crippen LogP contribution in [0.2, 0.25) is 0 Å². The lowest BCUT2D eigenvalue weighted by molar-refractivity contribution is -0.123. The molecule has 0 aliphatic carbocycles. The second-order valence-electron chi connectivity index (χ2n) is 19.4. The van der Waals surface area contributed by atoms with Gasteiger partial charge in [-0.1, -0.05) is 301 Å². The lowest BCUT2D eigenvalue weighted by Crippen LogP contribution is -2.45. The molecule has 0 radical (unpaired) electrons. The Labute approximate surface area is 383 Å². The van der Waals surface area contributed by atoms with Crippen molar-refractivity contribution in [2.45, 2.75) is 328 Å². The van der Waals surface area contributed by atoms with E-state index in [0.717, 1.165) is 32.1 Å². The van der Waals surface area contributed by atoms with Crippen LogP contribution in [0.3, 0.4) is 0 Å². The highest BCUT2D eigenvalue weighted by Crippen LogP contribution is 2.18. The van der Waals surface area contributed by atoms with Crippen molar-refractivity contribution < 1.29 is 15.0 Å². The van der Waals surface area contributed by atoms with Crippen LogP contribution in [0.5, 0.6) is 0 Å². The Morgan fingerprint density at radius 1 is 0.377 bits per heavy atom. The summed E-state index contributed by atoms with van der Waals surface area (Å²) in [6, 6.07) is -0.636. The van der Waals surface area contributed by atoms with Gasteiger partial charge in [0.15, 0.2) is 0 Å². The monoisotopic (exact) mass is 858 g/mol. The maximum absolute atomic E-state index is 12.4. The van der Waals surface area contributed by atoms with Gasteiger partial charge in [-0.15, -0.1) is 0 Å². The van der Waals surface area contributed by atoms with Crippen LogP contribution in [0.15, 0.2) is 24.3 Å².